The average molecular weight is 414 g/mol. The van der Waals surface area contributed by atoms with E-state index in [2.05, 4.69) is 11.4 Å². The highest BCUT2D eigenvalue weighted by atomic mass is 35.5. The van der Waals surface area contributed by atoms with E-state index in [9.17, 15) is 14.9 Å². The van der Waals surface area contributed by atoms with Crippen molar-refractivity contribution in [3.05, 3.63) is 46.1 Å². The van der Waals surface area contributed by atoms with Crippen LogP contribution in [0.1, 0.15) is 44.6 Å². The molecule has 3 aliphatic rings. The van der Waals surface area contributed by atoms with E-state index in [0.29, 0.717) is 36.5 Å². The molecule has 1 fully saturated rings. The molecule has 0 spiro atoms. The molecule has 4 unspecified atom stereocenters. The molecule has 1 aliphatic carbocycles. The molecule has 1 aromatic rings. The van der Waals surface area contributed by atoms with Gasteiger partial charge >= 0.3 is 0 Å². The molecule has 0 bridgehead atoms. The largest absolute Gasteiger partial charge is 0.372 e. The topological polar surface area (TPSA) is 82.4 Å². The van der Waals surface area contributed by atoms with Crippen LogP contribution in [-0.4, -0.2) is 47.4 Å². The molecule has 1 saturated heterocycles. The zero-order chi connectivity index (χ0) is 20.8. The van der Waals surface area contributed by atoms with Crippen molar-refractivity contribution in [1.82, 2.24) is 10.2 Å². The second-order valence-electron chi connectivity index (χ2n) is 8.17. The van der Waals surface area contributed by atoms with Crippen LogP contribution in [0.15, 0.2) is 35.5 Å². The van der Waals surface area contributed by atoms with Gasteiger partial charge < -0.3 is 15.0 Å². The van der Waals surface area contributed by atoms with Gasteiger partial charge in [-0.1, -0.05) is 23.7 Å². The van der Waals surface area contributed by atoms with E-state index in [0.717, 1.165) is 17.7 Å². The monoisotopic (exact) mass is 413 g/mol. The third kappa shape index (κ3) is 3.33. The van der Waals surface area contributed by atoms with Crippen LogP contribution in [0, 0.1) is 11.3 Å². The van der Waals surface area contributed by atoms with Gasteiger partial charge in [0.2, 0.25) is 5.54 Å². The van der Waals surface area contributed by atoms with E-state index < -0.39 is 11.5 Å². The fourth-order valence-electron chi connectivity index (χ4n) is 4.84. The molecule has 2 aliphatic heterocycles. The van der Waals surface area contributed by atoms with Crippen molar-refractivity contribution in [3.8, 4) is 6.07 Å². The number of nitrogens with zero attached hydrogens (tertiary/aromatic N) is 2. The van der Waals surface area contributed by atoms with Crippen LogP contribution >= 0.6 is 11.6 Å². The van der Waals surface area contributed by atoms with Gasteiger partial charge in [0.15, 0.2) is 5.78 Å². The summed E-state index contributed by atoms with van der Waals surface area (Å²) in [5, 5.41) is 14.1. The van der Waals surface area contributed by atoms with Crippen LogP contribution in [0.2, 0.25) is 5.02 Å². The number of hydrogen-bond acceptors (Lipinski definition) is 5. The van der Waals surface area contributed by atoms with Gasteiger partial charge in [-0.25, -0.2) is 0 Å². The van der Waals surface area contributed by atoms with E-state index in [4.69, 9.17) is 16.3 Å². The normalized spacial score (nSPS) is 31.9. The smallest absolute Gasteiger partial charge is 0.264 e. The number of ketones is 1. The molecule has 0 radical (unpaired) electrons. The number of ether oxygens (including phenoxy) is 1. The number of nitrogens with one attached hydrogen (secondary N) is 1. The second kappa shape index (κ2) is 7.47. The molecule has 152 valence electrons. The fourth-order valence-corrected chi connectivity index (χ4v) is 4.96. The lowest BCUT2D eigenvalue weighted by atomic mass is 9.74. The first-order valence-corrected chi connectivity index (χ1v) is 10.4. The molecule has 1 aromatic carbocycles. The molecular formula is C22H24ClN3O3. The standard InChI is InChI=1S/C22H24ClN3O3/c1-13-10-26(11-14(2)29-13)21(28)22(12-24)20(15-6-8-16(23)9-7-15)19-17(25-22)4-3-5-18(19)27/h6-9,13-14,20,25H,3-5,10-11H2,1-2H3. The Bertz CT molecular complexity index is 910. The van der Waals surface area contributed by atoms with E-state index in [1.807, 2.05) is 13.8 Å². The van der Waals surface area contributed by atoms with E-state index in [1.54, 1.807) is 29.2 Å². The van der Waals surface area contributed by atoms with Crippen LogP contribution in [0.3, 0.4) is 0 Å². The Morgan fingerprint density at radius 2 is 1.90 bits per heavy atom. The van der Waals surface area contributed by atoms with Crippen LogP contribution < -0.4 is 5.32 Å². The van der Waals surface area contributed by atoms with Crippen molar-refractivity contribution in [2.24, 2.45) is 0 Å². The van der Waals surface area contributed by atoms with Gasteiger partial charge in [-0.05, 0) is 44.4 Å². The zero-order valence-electron chi connectivity index (χ0n) is 16.6. The number of benzene rings is 1. The fraction of sp³-hybridized carbons (Fsp3) is 0.500. The van der Waals surface area contributed by atoms with Gasteiger partial charge in [0.05, 0.1) is 18.1 Å². The lowest BCUT2D eigenvalue weighted by molar-refractivity contribution is -0.148. The number of rotatable bonds is 2. The Hall–Kier alpha value is -2.36. The van der Waals surface area contributed by atoms with Crippen LogP contribution in [0.25, 0.3) is 0 Å². The van der Waals surface area contributed by atoms with Gasteiger partial charge in [-0.3, -0.25) is 9.59 Å². The molecule has 1 amide bonds. The molecule has 2 heterocycles. The number of hydrogen-bond donors (Lipinski definition) is 1. The molecule has 6 nitrogen and oxygen atoms in total. The highest BCUT2D eigenvalue weighted by Gasteiger charge is 2.57. The maximum atomic E-state index is 13.8. The summed E-state index contributed by atoms with van der Waals surface area (Å²) in [6.45, 7) is 4.67. The van der Waals surface area contributed by atoms with Gasteiger partial charge in [0.1, 0.15) is 6.07 Å². The summed E-state index contributed by atoms with van der Waals surface area (Å²) in [7, 11) is 0. The zero-order valence-corrected chi connectivity index (χ0v) is 17.3. The third-order valence-electron chi connectivity index (χ3n) is 5.95. The van der Waals surface area contributed by atoms with Gasteiger partial charge in [-0.15, -0.1) is 0 Å². The number of carbonyl (C=O) groups excluding carboxylic acids is 2. The van der Waals surface area contributed by atoms with Gasteiger partial charge in [0, 0.05) is 35.8 Å². The van der Waals surface area contributed by atoms with Gasteiger partial charge in [-0.2, -0.15) is 5.26 Å². The lowest BCUT2D eigenvalue weighted by Crippen LogP contribution is -2.61. The van der Waals surface area contributed by atoms with Gasteiger partial charge in [0.25, 0.3) is 5.91 Å². The predicted molar refractivity (Wildman–Crippen MR) is 108 cm³/mol. The summed E-state index contributed by atoms with van der Waals surface area (Å²) in [5.41, 5.74) is 0.495. The van der Waals surface area contributed by atoms with Crippen molar-refractivity contribution < 1.29 is 14.3 Å². The lowest BCUT2D eigenvalue weighted by Gasteiger charge is -2.40. The first-order chi connectivity index (χ1) is 13.9. The van der Waals surface area contributed by atoms with Crippen LogP contribution in [0.4, 0.5) is 0 Å². The minimum atomic E-state index is -1.55. The molecule has 7 heteroatoms. The Labute approximate surface area is 175 Å². The molecule has 4 rings (SSSR count). The molecular weight excluding hydrogens is 390 g/mol. The number of allylic oxidation sites excluding steroid dienone is 1. The first kappa shape index (κ1) is 19.9. The van der Waals surface area contributed by atoms with Crippen molar-refractivity contribution in [3.63, 3.8) is 0 Å². The van der Waals surface area contributed by atoms with Crippen molar-refractivity contribution in [2.45, 2.75) is 56.8 Å². The Balaban J connectivity index is 1.80. The van der Waals surface area contributed by atoms with Crippen molar-refractivity contribution in [1.29, 1.82) is 5.26 Å². The number of halogens is 1. The van der Waals surface area contributed by atoms with Crippen LogP contribution in [-0.2, 0) is 14.3 Å². The summed E-state index contributed by atoms with van der Waals surface area (Å²) >= 11 is 6.06. The van der Waals surface area contributed by atoms with E-state index >= 15 is 0 Å². The minimum absolute atomic E-state index is 0.00680. The second-order valence-corrected chi connectivity index (χ2v) is 8.60. The molecule has 4 atom stereocenters. The maximum absolute atomic E-state index is 13.8. The predicted octanol–water partition coefficient (Wildman–Crippen LogP) is 2.93. The van der Waals surface area contributed by atoms with E-state index in [-0.39, 0.29) is 23.9 Å². The third-order valence-corrected chi connectivity index (χ3v) is 6.20. The Morgan fingerprint density at radius 1 is 1.24 bits per heavy atom. The molecule has 0 aromatic heterocycles. The van der Waals surface area contributed by atoms with E-state index in [1.165, 1.54) is 0 Å². The summed E-state index contributed by atoms with van der Waals surface area (Å²) < 4.78 is 5.76. The summed E-state index contributed by atoms with van der Waals surface area (Å²) in [6.07, 6.45) is 1.60. The molecule has 1 N–H and O–H groups in total. The SMILES string of the molecule is CC1CN(C(=O)C2(C#N)NC3=C(C(=O)CCC3)C2c2ccc(Cl)cc2)CC(C)O1. The van der Waals surface area contributed by atoms with Crippen LogP contribution in [0.5, 0.6) is 0 Å². The highest BCUT2D eigenvalue weighted by Crippen LogP contribution is 2.47. The molecule has 29 heavy (non-hydrogen) atoms. The Kier molecular flexibility index (Phi) is 5.14. The summed E-state index contributed by atoms with van der Waals surface area (Å²) in [4.78, 5) is 28.3. The maximum Gasteiger partial charge on any atom is 0.264 e. The quantitative estimate of drug-likeness (QED) is 0.806. The number of morpholine rings is 1. The number of nitriles is 1. The van der Waals surface area contributed by atoms with Crippen molar-refractivity contribution in [2.75, 3.05) is 13.1 Å². The number of carbonyl (C=O) groups is 2. The Morgan fingerprint density at radius 3 is 2.52 bits per heavy atom. The summed E-state index contributed by atoms with van der Waals surface area (Å²) in [6, 6.07) is 9.34. The minimum Gasteiger partial charge on any atom is -0.372 e. The molecule has 0 saturated carbocycles. The average Bonchev–Trinajstić information content (AvgIpc) is 3.04. The number of Topliss-reactive ketones (excluding diaryl/α,β-unsaturated/α-hetero) is 1. The summed E-state index contributed by atoms with van der Waals surface area (Å²) in [5.74, 6) is -0.954. The first-order valence-electron chi connectivity index (χ1n) is 10.0. The van der Waals surface area contributed by atoms with Crippen molar-refractivity contribution >= 4 is 23.3 Å². The highest BCUT2D eigenvalue weighted by molar-refractivity contribution is 6.30. The number of amides is 1.